The van der Waals surface area contributed by atoms with Gasteiger partial charge in [0.25, 0.3) is 0 Å². The average Bonchev–Trinajstić information content (AvgIpc) is 2.97. The van der Waals surface area contributed by atoms with Crippen molar-refractivity contribution >= 4 is 22.8 Å². The van der Waals surface area contributed by atoms with E-state index in [-0.39, 0.29) is 17.7 Å². The van der Waals surface area contributed by atoms with E-state index in [0.29, 0.717) is 25.8 Å². The molecule has 1 heterocycles. The van der Waals surface area contributed by atoms with E-state index >= 15 is 0 Å². The van der Waals surface area contributed by atoms with Crippen LogP contribution >= 0.6 is 0 Å². The van der Waals surface area contributed by atoms with Crippen LogP contribution in [0.3, 0.4) is 0 Å². The van der Waals surface area contributed by atoms with Gasteiger partial charge in [0.2, 0.25) is 5.91 Å². The van der Waals surface area contributed by atoms with Crippen LogP contribution in [0.2, 0.25) is 0 Å². The molecule has 1 amide bonds. The fourth-order valence-corrected chi connectivity index (χ4v) is 3.27. The predicted octanol–water partition coefficient (Wildman–Crippen LogP) is 2.98. The number of carbonyl (C=O) groups is 2. The highest BCUT2D eigenvalue weighted by Gasteiger charge is 2.30. The Morgan fingerprint density at radius 3 is 2.78 bits per heavy atom. The van der Waals surface area contributed by atoms with Crippen LogP contribution in [0.25, 0.3) is 11.0 Å². The standard InChI is InChI=1S/C18H21NO4/c20-17(13-5-3-6-14(10-13)18(21)22)19-9-8-15-11-12-4-1-2-7-16(12)23-15/h1-2,4,7,11,13-14H,3,5-6,8-10H2,(H,19,20)(H,21,22)/t13-,14-/m1/s1. The van der Waals surface area contributed by atoms with Gasteiger partial charge in [-0.05, 0) is 31.4 Å². The number of hydrogen-bond donors (Lipinski definition) is 2. The highest BCUT2D eigenvalue weighted by Crippen LogP contribution is 2.29. The molecule has 5 heteroatoms. The molecule has 122 valence electrons. The Hall–Kier alpha value is -2.30. The third-order valence-corrected chi connectivity index (χ3v) is 4.54. The minimum Gasteiger partial charge on any atom is -0.481 e. The molecule has 1 fully saturated rings. The summed E-state index contributed by atoms with van der Waals surface area (Å²) in [5, 5.41) is 13.1. The van der Waals surface area contributed by atoms with E-state index in [2.05, 4.69) is 5.32 Å². The van der Waals surface area contributed by atoms with E-state index in [1.165, 1.54) is 0 Å². The highest BCUT2D eigenvalue weighted by molar-refractivity contribution is 5.80. The van der Waals surface area contributed by atoms with Gasteiger partial charge in [-0.25, -0.2) is 0 Å². The topological polar surface area (TPSA) is 79.5 Å². The number of carbonyl (C=O) groups excluding carboxylic acids is 1. The van der Waals surface area contributed by atoms with Crippen LogP contribution in [0.4, 0.5) is 0 Å². The first-order chi connectivity index (χ1) is 11.1. The lowest BCUT2D eigenvalue weighted by molar-refractivity contribution is -0.144. The van der Waals surface area contributed by atoms with E-state index in [1.54, 1.807) is 0 Å². The molecule has 1 aliphatic rings. The zero-order valence-corrected chi connectivity index (χ0v) is 13.0. The number of rotatable bonds is 5. The normalized spacial score (nSPS) is 21.2. The number of benzene rings is 1. The van der Waals surface area contributed by atoms with Gasteiger partial charge in [-0.1, -0.05) is 24.6 Å². The van der Waals surface area contributed by atoms with E-state index < -0.39 is 5.97 Å². The Morgan fingerprint density at radius 2 is 2.00 bits per heavy atom. The molecule has 5 nitrogen and oxygen atoms in total. The first kappa shape index (κ1) is 15.6. The van der Waals surface area contributed by atoms with Crippen molar-refractivity contribution in [1.82, 2.24) is 5.32 Å². The number of furan rings is 1. The average molecular weight is 315 g/mol. The predicted molar refractivity (Wildman–Crippen MR) is 86.0 cm³/mol. The number of aliphatic carboxylic acids is 1. The van der Waals surface area contributed by atoms with Gasteiger partial charge in [0, 0.05) is 24.3 Å². The summed E-state index contributed by atoms with van der Waals surface area (Å²) in [6, 6.07) is 9.80. The Kier molecular flexibility index (Phi) is 4.65. The number of carboxylic acids is 1. The van der Waals surface area contributed by atoms with Crippen LogP contribution in [0.15, 0.2) is 34.7 Å². The summed E-state index contributed by atoms with van der Waals surface area (Å²) >= 11 is 0. The van der Waals surface area contributed by atoms with Crippen molar-refractivity contribution in [1.29, 1.82) is 0 Å². The van der Waals surface area contributed by atoms with Crippen molar-refractivity contribution in [3.63, 3.8) is 0 Å². The maximum Gasteiger partial charge on any atom is 0.306 e. The molecule has 0 aliphatic heterocycles. The lowest BCUT2D eigenvalue weighted by atomic mass is 9.81. The van der Waals surface area contributed by atoms with Gasteiger partial charge in [-0.3, -0.25) is 9.59 Å². The zero-order valence-electron chi connectivity index (χ0n) is 13.0. The van der Waals surface area contributed by atoms with Gasteiger partial charge in [-0.2, -0.15) is 0 Å². The van der Waals surface area contributed by atoms with Crippen molar-refractivity contribution in [3.05, 3.63) is 36.1 Å². The number of para-hydroxylation sites is 1. The molecule has 0 radical (unpaired) electrons. The lowest BCUT2D eigenvalue weighted by Gasteiger charge is -2.25. The summed E-state index contributed by atoms with van der Waals surface area (Å²) in [4.78, 5) is 23.3. The number of carboxylic acid groups (broad SMARTS) is 1. The van der Waals surface area contributed by atoms with Gasteiger partial charge in [-0.15, -0.1) is 0 Å². The highest BCUT2D eigenvalue weighted by atomic mass is 16.4. The van der Waals surface area contributed by atoms with Crippen LogP contribution in [0.5, 0.6) is 0 Å². The molecule has 0 saturated heterocycles. The maximum atomic E-state index is 12.2. The van der Waals surface area contributed by atoms with Crippen molar-refractivity contribution in [2.45, 2.75) is 32.1 Å². The zero-order chi connectivity index (χ0) is 16.2. The van der Waals surface area contributed by atoms with Crippen LogP contribution < -0.4 is 5.32 Å². The number of amides is 1. The summed E-state index contributed by atoms with van der Waals surface area (Å²) < 4.78 is 5.71. The first-order valence-corrected chi connectivity index (χ1v) is 8.11. The maximum absolute atomic E-state index is 12.2. The first-order valence-electron chi connectivity index (χ1n) is 8.11. The van der Waals surface area contributed by atoms with Crippen molar-refractivity contribution in [2.75, 3.05) is 6.54 Å². The number of fused-ring (bicyclic) bond motifs is 1. The summed E-state index contributed by atoms with van der Waals surface area (Å²) in [6.07, 6.45) is 3.35. The Bertz CT molecular complexity index is 673. The molecule has 0 spiro atoms. The molecule has 2 aromatic rings. The Labute approximate surface area is 134 Å². The van der Waals surface area contributed by atoms with Crippen LogP contribution in [-0.4, -0.2) is 23.5 Å². The van der Waals surface area contributed by atoms with Gasteiger partial charge in [0.05, 0.1) is 5.92 Å². The molecule has 23 heavy (non-hydrogen) atoms. The fourth-order valence-electron chi connectivity index (χ4n) is 3.27. The van der Waals surface area contributed by atoms with E-state index in [9.17, 15) is 9.59 Å². The minimum atomic E-state index is -0.787. The molecule has 0 bridgehead atoms. The van der Waals surface area contributed by atoms with Gasteiger partial charge < -0.3 is 14.8 Å². The monoisotopic (exact) mass is 315 g/mol. The van der Waals surface area contributed by atoms with Crippen LogP contribution in [0.1, 0.15) is 31.4 Å². The number of hydrogen-bond acceptors (Lipinski definition) is 3. The van der Waals surface area contributed by atoms with E-state index in [0.717, 1.165) is 29.6 Å². The summed E-state index contributed by atoms with van der Waals surface area (Å²) in [5.41, 5.74) is 0.852. The second-order valence-electron chi connectivity index (χ2n) is 6.19. The van der Waals surface area contributed by atoms with Gasteiger partial charge >= 0.3 is 5.97 Å². The largest absolute Gasteiger partial charge is 0.481 e. The molecule has 1 saturated carbocycles. The van der Waals surface area contributed by atoms with Crippen LogP contribution in [-0.2, 0) is 16.0 Å². The minimum absolute atomic E-state index is 0.0351. The molecule has 3 rings (SSSR count). The Balaban J connectivity index is 1.50. The van der Waals surface area contributed by atoms with Gasteiger partial charge in [0.15, 0.2) is 0 Å². The molecule has 1 aliphatic carbocycles. The van der Waals surface area contributed by atoms with Crippen molar-refractivity contribution < 1.29 is 19.1 Å². The second-order valence-corrected chi connectivity index (χ2v) is 6.19. The molecule has 2 N–H and O–H groups in total. The molecule has 0 unspecified atom stereocenters. The van der Waals surface area contributed by atoms with Crippen molar-refractivity contribution in [3.8, 4) is 0 Å². The Morgan fingerprint density at radius 1 is 1.22 bits per heavy atom. The molecular weight excluding hydrogens is 294 g/mol. The lowest BCUT2D eigenvalue weighted by Crippen LogP contribution is -2.36. The molecule has 2 atom stereocenters. The summed E-state index contributed by atoms with van der Waals surface area (Å²) in [6.45, 7) is 0.507. The SMILES string of the molecule is O=C(O)[C@@H]1CCC[C@@H](C(=O)NCCc2cc3ccccc3o2)C1. The smallest absolute Gasteiger partial charge is 0.306 e. The van der Waals surface area contributed by atoms with Gasteiger partial charge in [0.1, 0.15) is 11.3 Å². The molecular formula is C18H21NO4. The third kappa shape index (κ3) is 3.73. The second kappa shape index (κ2) is 6.86. The van der Waals surface area contributed by atoms with Crippen molar-refractivity contribution in [2.24, 2.45) is 11.8 Å². The van der Waals surface area contributed by atoms with Crippen LogP contribution in [0, 0.1) is 11.8 Å². The van der Waals surface area contributed by atoms with E-state index in [1.807, 2.05) is 30.3 Å². The summed E-state index contributed by atoms with van der Waals surface area (Å²) in [7, 11) is 0. The fraction of sp³-hybridized carbons (Fsp3) is 0.444. The quantitative estimate of drug-likeness (QED) is 0.889. The summed E-state index contributed by atoms with van der Waals surface area (Å²) in [5.74, 6) is -0.536. The third-order valence-electron chi connectivity index (χ3n) is 4.54. The molecule has 1 aromatic carbocycles. The number of nitrogens with one attached hydrogen (secondary N) is 1. The van der Waals surface area contributed by atoms with E-state index in [4.69, 9.17) is 9.52 Å². The molecule has 1 aromatic heterocycles.